The first kappa shape index (κ1) is 13.3. The minimum absolute atomic E-state index is 0.00195. The number of amides is 1. The highest BCUT2D eigenvalue weighted by atomic mass is 19.4. The predicted octanol–water partition coefficient (Wildman–Crippen LogP) is 2.00. The first-order chi connectivity index (χ1) is 8.91. The first-order valence-corrected chi connectivity index (χ1v) is 5.58. The van der Waals surface area contributed by atoms with E-state index >= 15 is 0 Å². The molecule has 8 heteroatoms. The molecular formula is C11H11F3N4O. The molecule has 2 rings (SSSR count). The average Bonchev–Trinajstić information content (AvgIpc) is 2.78. The van der Waals surface area contributed by atoms with Crippen molar-refractivity contribution in [2.24, 2.45) is 0 Å². The molecule has 0 spiro atoms. The maximum atomic E-state index is 12.7. The van der Waals surface area contributed by atoms with Gasteiger partial charge in [-0.3, -0.25) is 9.89 Å². The van der Waals surface area contributed by atoms with E-state index < -0.39 is 11.9 Å². The number of aromatic amines is 1. The fourth-order valence-corrected chi connectivity index (χ4v) is 1.58. The van der Waals surface area contributed by atoms with E-state index in [-0.39, 0.29) is 23.5 Å². The molecule has 2 heterocycles. The highest BCUT2D eigenvalue weighted by molar-refractivity contribution is 5.79. The summed E-state index contributed by atoms with van der Waals surface area (Å²) in [4.78, 5) is 14.9. The molecule has 0 unspecified atom stereocenters. The fourth-order valence-electron chi connectivity index (χ4n) is 1.58. The van der Waals surface area contributed by atoms with Gasteiger partial charge in [0.05, 0.1) is 5.39 Å². The molecule has 0 saturated heterocycles. The second kappa shape index (κ2) is 4.87. The van der Waals surface area contributed by atoms with Crippen LogP contribution in [0.2, 0.25) is 0 Å². The molecule has 2 aromatic rings. The van der Waals surface area contributed by atoms with Crippen LogP contribution in [0.1, 0.15) is 24.6 Å². The molecule has 0 aliphatic carbocycles. The van der Waals surface area contributed by atoms with Crippen LogP contribution in [-0.2, 0) is 17.5 Å². The average molecular weight is 272 g/mol. The summed E-state index contributed by atoms with van der Waals surface area (Å²) in [5.74, 6) is -0.177. The summed E-state index contributed by atoms with van der Waals surface area (Å²) in [6.07, 6.45) is -2.81. The van der Waals surface area contributed by atoms with Crippen LogP contribution in [0, 0.1) is 0 Å². The van der Waals surface area contributed by atoms with Gasteiger partial charge in [0.2, 0.25) is 5.91 Å². The van der Waals surface area contributed by atoms with E-state index in [1.165, 1.54) is 12.3 Å². The number of fused-ring (bicyclic) bond motifs is 1. The smallest absolute Gasteiger partial charge is 0.352 e. The number of nitrogens with one attached hydrogen (secondary N) is 2. The second-order valence-electron chi connectivity index (χ2n) is 3.94. The molecule has 0 fully saturated rings. The number of carbonyl (C=O) groups excluding carboxylic acids is 1. The minimum Gasteiger partial charge on any atom is -0.352 e. The zero-order chi connectivity index (χ0) is 14.0. The fraction of sp³-hybridized carbons (Fsp3) is 0.364. The summed E-state index contributed by atoms with van der Waals surface area (Å²) in [6, 6.07) is 1.32. The van der Waals surface area contributed by atoms with Crippen molar-refractivity contribution >= 4 is 16.9 Å². The molecule has 5 nitrogen and oxygen atoms in total. The van der Waals surface area contributed by atoms with Crippen molar-refractivity contribution in [3.05, 3.63) is 23.5 Å². The number of aromatic nitrogens is 3. The van der Waals surface area contributed by atoms with Crippen molar-refractivity contribution in [3.63, 3.8) is 0 Å². The van der Waals surface area contributed by atoms with Crippen molar-refractivity contribution in [2.75, 3.05) is 0 Å². The number of nitrogens with zero attached hydrogens (tertiary/aromatic N) is 2. The summed E-state index contributed by atoms with van der Waals surface area (Å²) in [7, 11) is 0. The largest absolute Gasteiger partial charge is 0.433 e. The lowest BCUT2D eigenvalue weighted by Crippen LogP contribution is -2.21. The number of alkyl halides is 3. The van der Waals surface area contributed by atoms with Gasteiger partial charge in [0, 0.05) is 19.2 Å². The zero-order valence-electron chi connectivity index (χ0n) is 10.0. The molecule has 102 valence electrons. The first-order valence-electron chi connectivity index (χ1n) is 5.58. The third kappa shape index (κ3) is 2.83. The SMILES string of the molecule is CCC(=O)NCc1cnc2n[nH]c(C(F)(F)F)c2c1. The summed E-state index contributed by atoms with van der Waals surface area (Å²) in [6.45, 7) is 1.83. The molecule has 0 aliphatic heterocycles. The lowest BCUT2D eigenvalue weighted by molar-refractivity contribution is -0.140. The van der Waals surface area contributed by atoms with Crippen LogP contribution in [0.25, 0.3) is 11.0 Å². The summed E-state index contributed by atoms with van der Waals surface area (Å²) < 4.78 is 38.0. The van der Waals surface area contributed by atoms with Crippen molar-refractivity contribution in [3.8, 4) is 0 Å². The minimum atomic E-state index is -4.51. The Morgan fingerprint density at radius 3 is 2.84 bits per heavy atom. The number of carbonyl (C=O) groups is 1. The lowest BCUT2D eigenvalue weighted by atomic mass is 10.2. The Labute approximate surface area is 106 Å². The maximum Gasteiger partial charge on any atom is 0.433 e. The Morgan fingerprint density at radius 1 is 1.47 bits per heavy atom. The molecule has 2 aromatic heterocycles. The standard InChI is InChI=1S/C11H11F3N4O/c1-2-8(19)15-4-6-3-7-9(11(12,13)14)17-18-10(7)16-5-6/h3,5H,2,4H2,1H3,(H,15,19)(H,16,17,18). The summed E-state index contributed by atoms with van der Waals surface area (Å²) >= 11 is 0. The molecule has 0 radical (unpaired) electrons. The van der Waals surface area contributed by atoms with E-state index in [1.54, 1.807) is 6.92 Å². The van der Waals surface area contributed by atoms with Crippen LogP contribution in [0.15, 0.2) is 12.3 Å². The van der Waals surface area contributed by atoms with Gasteiger partial charge in [-0.2, -0.15) is 18.3 Å². The van der Waals surface area contributed by atoms with E-state index in [0.29, 0.717) is 12.0 Å². The number of hydrogen-bond donors (Lipinski definition) is 2. The molecule has 0 aliphatic rings. The van der Waals surface area contributed by atoms with Gasteiger partial charge in [0.1, 0.15) is 5.69 Å². The molecule has 2 N–H and O–H groups in total. The van der Waals surface area contributed by atoms with Gasteiger partial charge < -0.3 is 5.32 Å². The van der Waals surface area contributed by atoms with E-state index in [4.69, 9.17) is 0 Å². The number of hydrogen-bond acceptors (Lipinski definition) is 3. The molecule has 19 heavy (non-hydrogen) atoms. The second-order valence-corrected chi connectivity index (χ2v) is 3.94. The van der Waals surface area contributed by atoms with E-state index in [9.17, 15) is 18.0 Å². The third-order valence-corrected chi connectivity index (χ3v) is 2.56. The van der Waals surface area contributed by atoms with Crippen molar-refractivity contribution in [1.29, 1.82) is 0 Å². The van der Waals surface area contributed by atoms with Gasteiger partial charge in [0.25, 0.3) is 0 Å². The molecule has 0 atom stereocenters. The third-order valence-electron chi connectivity index (χ3n) is 2.56. The van der Waals surface area contributed by atoms with Gasteiger partial charge in [-0.25, -0.2) is 4.98 Å². The molecule has 1 amide bonds. The van der Waals surface area contributed by atoms with Crippen molar-refractivity contribution < 1.29 is 18.0 Å². The number of H-pyrrole nitrogens is 1. The summed E-state index contributed by atoms with van der Waals surface area (Å²) in [5.41, 5.74) is -0.447. The van der Waals surface area contributed by atoms with E-state index in [0.717, 1.165) is 0 Å². The highest BCUT2D eigenvalue weighted by Gasteiger charge is 2.35. The van der Waals surface area contributed by atoms with Gasteiger partial charge in [0.15, 0.2) is 5.65 Å². The van der Waals surface area contributed by atoms with Crippen LogP contribution in [0.3, 0.4) is 0 Å². The van der Waals surface area contributed by atoms with Crippen LogP contribution in [0.5, 0.6) is 0 Å². The Balaban J connectivity index is 2.31. The quantitative estimate of drug-likeness (QED) is 0.897. The van der Waals surface area contributed by atoms with Gasteiger partial charge >= 0.3 is 6.18 Å². The Hall–Kier alpha value is -2.12. The van der Waals surface area contributed by atoms with Gasteiger partial charge in [-0.15, -0.1) is 0 Å². The monoisotopic (exact) mass is 272 g/mol. The number of halogens is 3. The Morgan fingerprint density at radius 2 is 2.21 bits per heavy atom. The van der Waals surface area contributed by atoms with Crippen LogP contribution >= 0.6 is 0 Å². The van der Waals surface area contributed by atoms with Crippen molar-refractivity contribution in [2.45, 2.75) is 26.1 Å². The molecule has 0 aromatic carbocycles. The van der Waals surface area contributed by atoms with Crippen LogP contribution in [-0.4, -0.2) is 21.1 Å². The van der Waals surface area contributed by atoms with Gasteiger partial charge in [-0.05, 0) is 11.6 Å². The number of pyridine rings is 1. The molecular weight excluding hydrogens is 261 g/mol. The Bertz CT molecular complexity index is 605. The van der Waals surface area contributed by atoms with Gasteiger partial charge in [-0.1, -0.05) is 6.92 Å². The lowest BCUT2D eigenvalue weighted by Gasteiger charge is -2.05. The topological polar surface area (TPSA) is 70.7 Å². The molecule has 0 bridgehead atoms. The normalized spacial score (nSPS) is 11.8. The number of rotatable bonds is 3. The summed E-state index contributed by atoms with van der Waals surface area (Å²) in [5, 5.41) is 7.90. The Kier molecular flexibility index (Phi) is 3.41. The predicted molar refractivity (Wildman–Crippen MR) is 61.0 cm³/mol. The maximum absolute atomic E-state index is 12.7. The van der Waals surface area contributed by atoms with Crippen LogP contribution < -0.4 is 5.32 Å². The van der Waals surface area contributed by atoms with Crippen LogP contribution in [0.4, 0.5) is 13.2 Å². The molecule has 0 saturated carbocycles. The highest BCUT2D eigenvalue weighted by Crippen LogP contribution is 2.32. The van der Waals surface area contributed by atoms with Crippen molar-refractivity contribution in [1.82, 2.24) is 20.5 Å². The zero-order valence-corrected chi connectivity index (χ0v) is 10.0. The van der Waals surface area contributed by atoms with E-state index in [1.807, 2.05) is 5.10 Å². The van der Waals surface area contributed by atoms with E-state index in [2.05, 4.69) is 15.4 Å².